The van der Waals surface area contributed by atoms with Gasteiger partial charge in [-0.1, -0.05) is 39.8 Å². The van der Waals surface area contributed by atoms with E-state index < -0.39 is 6.10 Å². The minimum absolute atomic E-state index is 0.0689. The van der Waals surface area contributed by atoms with Crippen LogP contribution in [0.1, 0.15) is 62.8 Å². The van der Waals surface area contributed by atoms with Gasteiger partial charge in [0.15, 0.2) is 0 Å². The van der Waals surface area contributed by atoms with Gasteiger partial charge in [0.1, 0.15) is 5.82 Å². The van der Waals surface area contributed by atoms with Crippen molar-refractivity contribution >= 4 is 11.8 Å². The molecule has 1 fully saturated rings. The Labute approximate surface area is 177 Å². The Kier molecular flexibility index (Phi) is 6.31. The lowest BCUT2D eigenvalue weighted by Gasteiger charge is -2.34. The van der Waals surface area contributed by atoms with E-state index in [4.69, 9.17) is 4.98 Å². The highest BCUT2D eigenvalue weighted by Crippen LogP contribution is 2.37. The fourth-order valence-electron chi connectivity index (χ4n) is 4.27. The van der Waals surface area contributed by atoms with Gasteiger partial charge in [-0.3, -0.25) is 9.59 Å². The van der Waals surface area contributed by atoms with Crippen molar-refractivity contribution in [3.05, 3.63) is 41.9 Å². The lowest BCUT2D eigenvalue weighted by Crippen LogP contribution is -2.41. The summed E-state index contributed by atoms with van der Waals surface area (Å²) in [6, 6.07) is 6.94. The van der Waals surface area contributed by atoms with Gasteiger partial charge < -0.3 is 20.3 Å². The molecule has 2 amide bonds. The molecule has 1 saturated heterocycles. The number of imidazole rings is 1. The third kappa shape index (κ3) is 4.41. The molecule has 0 radical (unpaired) electrons. The van der Waals surface area contributed by atoms with Crippen LogP contribution in [0.4, 0.5) is 0 Å². The van der Waals surface area contributed by atoms with Crippen LogP contribution in [-0.4, -0.2) is 51.5 Å². The Morgan fingerprint density at radius 1 is 1.30 bits per heavy atom. The Balaban J connectivity index is 1.84. The van der Waals surface area contributed by atoms with Crippen LogP contribution in [0.5, 0.6) is 0 Å². The average Bonchev–Trinajstić information content (AvgIpc) is 3.33. The van der Waals surface area contributed by atoms with E-state index in [-0.39, 0.29) is 29.2 Å². The Morgan fingerprint density at radius 2 is 1.97 bits per heavy atom. The first-order chi connectivity index (χ1) is 14.2. The Morgan fingerprint density at radius 3 is 2.53 bits per heavy atom. The molecule has 2 heterocycles. The van der Waals surface area contributed by atoms with Crippen LogP contribution < -0.4 is 5.32 Å². The molecule has 0 unspecified atom stereocenters. The number of β-amino-alcohol motifs (C(OH)–C–C–N with tert-alkyl or cyclic N) is 1. The standard InChI is InChI=1S/C23H32N4O3/c1-6-17(23(2,3)4)22(30)27-13-16(28)11-19(27)20-25-12-18(26-20)14-7-9-15(10-8-14)21(29)24-5/h7-10,12,16-17,19,28H,6,11,13H2,1-5H3,(H,24,29)(H,25,26)/t16-,17-,19+/m1/s1. The number of nitrogens with one attached hydrogen (secondary N) is 2. The maximum atomic E-state index is 13.3. The van der Waals surface area contributed by atoms with Gasteiger partial charge in [-0.05, 0) is 24.0 Å². The predicted molar refractivity (Wildman–Crippen MR) is 116 cm³/mol. The Bertz CT molecular complexity index is 898. The minimum Gasteiger partial charge on any atom is -0.391 e. The molecule has 3 atom stereocenters. The molecule has 2 aromatic rings. The van der Waals surface area contributed by atoms with Crippen LogP contribution >= 0.6 is 0 Å². The summed E-state index contributed by atoms with van der Waals surface area (Å²) in [5.41, 5.74) is 2.05. The second kappa shape index (κ2) is 8.60. The molecule has 0 bridgehead atoms. The number of hydrogen-bond donors (Lipinski definition) is 3. The van der Waals surface area contributed by atoms with Crippen molar-refractivity contribution in [1.29, 1.82) is 0 Å². The van der Waals surface area contributed by atoms with Crippen LogP contribution in [-0.2, 0) is 4.79 Å². The van der Waals surface area contributed by atoms with Gasteiger partial charge in [0, 0.05) is 43.3 Å². The van der Waals surface area contributed by atoms with Crippen molar-refractivity contribution in [2.24, 2.45) is 11.3 Å². The average molecular weight is 413 g/mol. The van der Waals surface area contributed by atoms with Crippen LogP contribution in [0.25, 0.3) is 11.3 Å². The highest BCUT2D eigenvalue weighted by Gasteiger charge is 2.42. The number of aliphatic hydroxyl groups is 1. The van der Waals surface area contributed by atoms with Gasteiger partial charge in [0.25, 0.3) is 5.91 Å². The van der Waals surface area contributed by atoms with Gasteiger partial charge >= 0.3 is 0 Å². The van der Waals surface area contributed by atoms with Gasteiger partial charge in [0.05, 0.1) is 17.8 Å². The van der Waals surface area contributed by atoms with E-state index in [1.165, 1.54) is 0 Å². The molecule has 1 aliphatic rings. The van der Waals surface area contributed by atoms with E-state index in [1.54, 1.807) is 30.3 Å². The largest absolute Gasteiger partial charge is 0.391 e. The number of rotatable bonds is 5. The molecule has 3 N–H and O–H groups in total. The summed E-state index contributed by atoms with van der Waals surface area (Å²) >= 11 is 0. The van der Waals surface area contributed by atoms with E-state index in [9.17, 15) is 14.7 Å². The highest BCUT2D eigenvalue weighted by atomic mass is 16.3. The first-order valence-electron chi connectivity index (χ1n) is 10.5. The maximum absolute atomic E-state index is 13.3. The maximum Gasteiger partial charge on any atom is 0.251 e. The molecule has 0 saturated carbocycles. The van der Waals surface area contributed by atoms with Crippen molar-refractivity contribution in [2.45, 2.75) is 52.7 Å². The van der Waals surface area contributed by atoms with E-state index in [0.29, 0.717) is 24.4 Å². The van der Waals surface area contributed by atoms with Crippen LogP contribution in [0, 0.1) is 11.3 Å². The number of carbonyl (C=O) groups excluding carboxylic acids is 2. The van der Waals surface area contributed by atoms with E-state index >= 15 is 0 Å². The molecule has 3 rings (SSSR count). The first-order valence-corrected chi connectivity index (χ1v) is 10.5. The lowest BCUT2D eigenvalue weighted by atomic mass is 9.78. The predicted octanol–water partition coefficient (Wildman–Crippen LogP) is 3.14. The second-order valence-corrected chi connectivity index (χ2v) is 9.05. The molecule has 1 aliphatic heterocycles. The van der Waals surface area contributed by atoms with Gasteiger partial charge in [-0.25, -0.2) is 4.98 Å². The fourth-order valence-corrected chi connectivity index (χ4v) is 4.27. The van der Waals surface area contributed by atoms with Crippen molar-refractivity contribution in [2.75, 3.05) is 13.6 Å². The number of carbonyl (C=O) groups is 2. The zero-order valence-electron chi connectivity index (χ0n) is 18.4. The molecule has 1 aromatic heterocycles. The fraction of sp³-hybridized carbons (Fsp3) is 0.522. The number of aliphatic hydroxyl groups excluding tert-OH is 1. The molecular weight excluding hydrogens is 380 g/mol. The Hall–Kier alpha value is -2.67. The molecular formula is C23H32N4O3. The van der Waals surface area contributed by atoms with Crippen molar-refractivity contribution in [3.63, 3.8) is 0 Å². The monoisotopic (exact) mass is 412 g/mol. The number of H-pyrrole nitrogens is 1. The number of amides is 2. The summed E-state index contributed by atoms with van der Waals surface area (Å²) in [5, 5.41) is 12.9. The first kappa shape index (κ1) is 22.0. The molecule has 1 aromatic carbocycles. The molecule has 7 heteroatoms. The zero-order valence-corrected chi connectivity index (χ0v) is 18.4. The number of nitrogens with zero attached hydrogens (tertiary/aromatic N) is 2. The second-order valence-electron chi connectivity index (χ2n) is 9.05. The normalized spacial score (nSPS) is 20.3. The molecule has 0 aliphatic carbocycles. The van der Waals surface area contributed by atoms with Crippen LogP contribution in [0.15, 0.2) is 30.5 Å². The number of aromatic amines is 1. The molecule has 162 valence electrons. The van der Waals surface area contributed by atoms with Crippen molar-refractivity contribution in [1.82, 2.24) is 20.2 Å². The zero-order chi connectivity index (χ0) is 22.1. The minimum atomic E-state index is -0.559. The van der Waals surface area contributed by atoms with Crippen LogP contribution in [0.2, 0.25) is 0 Å². The summed E-state index contributed by atoms with van der Waals surface area (Å²) in [5.74, 6) is 0.494. The van der Waals surface area contributed by atoms with Crippen molar-refractivity contribution < 1.29 is 14.7 Å². The SMILES string of the molecule is CC[C@H](C(=O)N1C[C@H](O)C[C@H]1c1nc(-c2ccc(C(=O)NC)cc2)c[nH]1)C(C)(C)C. The summed E-state index contributed by atoms with van der Waals surface area (Å²) in [6.45, 7) is 8.59. The van der Waals surface area contributed by atoms with Crippen molar-refractivity contribution in [3.8, 4) is 11.3 Å². The molecule has 30 heavy (non-hydrogen) atoms. The lowest BCUT2D eigenvalue weighted by molar-refractivity contribution is -0.140. The summed E-state index contributed by atoms with van der Waals surface area (Å²) in [7, 11) is 1.60. The van der Waals surface area contributed by atoms with Gasteiger partial charge in [-0.2, -0.15) is 0 Å². The third-order valence-corrected chi connectivity index (χ3v) is 5.90. The number of aromatic nitrogens is 2. The third-order valence-electron chi connectivity index (χ3n) is 5.90. The molecule has 7 nitrogen and oxygen atoms in total. The van der Waals surface area contributed by atoms with E-state index in [1.807, 2.05) is 19.1 Å². The topological polar surface area (TPSA) is 98.3 Å². The summed E-state index contributed by atoms with van der Waals surface area (Å²) in [4.78, 5) is 34.7. The number of likely N-dealkylation sites (tertiary alicyclic amines) is 1. The van der Waals surface area contributed by atoms with E-state index in [0.717, 1.165) is 17.7 Å². The molecule has 0 spiro atoms. The summed E-state index contributed by atoms with van der Waals surface area (Å²) in [6.07, 6.45) is 2.47. The smallest absolute Gasteiger partial charge is 0.251 e. The van der Waals surface area contributed by atoms with Gasteiger partial charge in [-0.15, -0.1) is 0 Å². The highest BCUT2D eigenvalue weighted by molar-refractivity contribution is 5.94. The van der Waals surface area contributed by atoms with E-state index in [2.05, 4.69) is 31.1 Å². The van der Waals surface area contributed by atoms with Gasteiger partial charge in [0.2, 0.25) is 5.91 Å². The number of hydrogen-bond acceptors (Lipinski definition) is 4. The van der Waals surface area contributed by atoms with Crippen LogP contribution in [0.3, 0.4) is 0 Å². The summed E-state index contributed by atoms with van der Waals surface area (Å²) < 4.78 is 0. The number of benzene rings is 1. The quantitative estimate of drug-likeness (QED) is 0.703.